The highest BCUT2D eigenvalue weighted by Gasteiger charge is 2.20. The Hall–Kier alpha value is -2.23. The summed E-state index contributed by atoms with van der Waals surface area (Å²) in [6, 6.07) is 10.4. The number of hydrogen-bond acceptors (Lipinski definition) is 3. The molecule has 0 saturated heterocycles. The van der Waals surface area contributed by atoms with Crippen LogP contribution in [-0.2, 0) is 6.42 Å². The van der Waals surface area contributed by atoms with E-state index >= 15 is 0 Å². The molecule has 2 N–H and O–H groups in total. The van der Waals surface area contributed by atoms with Crippen molar-refractivity contribution in [1.82, 2.24) is 0 Å². The summed E-state index contributed by atoms with van der Waals surface area (Å²) < 4.78 is 18.7. The molecule has 0 saturated carbocycles. The molecule has 2 aromatic carbocycles. The predicted molar refractivity (Wildman–Crippen MR) is 80.4 cm³/mol. The van der Waals surface area contributed by atoms with Gasteiger partial charge in [0, 0.05) is 11.8 Å². The highest BCUT2D eigenvalue weighted by Crippen LogP contribution is 2.35. The first-order chi connectivity index (χ1) is 10.2. The zero-order valence-electron chi connectivity index (χ0n) is 11.9. The lowest BCUT2D eigenvalue weighted by Gasteiger charge is -2.27. The maximum Gasteiger partial charge on any atom is 0.167 e. The Balaban J connectivity index is 1.86. The second-order valence-electron chi connectivity index (χ2n) is 5.32. The third-order valence-electron chi connectivity index (χ3n) is 3.94. The molecule has 0 bridgehead atoms. The Bertz CT molecular complexity index is 657. The number of aryl methyl sites for hydroxylation is 1. The van der Waals surface area contributed by atoms with Gasteiger partial charge < -0.3 is 15.2 Å². The van der Waals surface area contributed by atoms with Crippen LogP contribution in [0.3, 0.4) is 0 Å². The molecular formula is C17H18FNO2. The first-order valence-corrected chi connectivity index (χ1v) is 7.09. The fraction of sp³-hybridized carbons (Fsp3) is 0.294. The van der Waals surface area contributed by atoms with E-state index in [-0.39, 0.29) is 23.4 Å². The summed E-state index contributed by atoms with van der Waals surface area (Å²) in [5, 5.41) is 13.0. The summed E-state index contributed by atoms with van der Waals surface area (Å²) in [6.07, 6.45) is 3.06. The Morgan fingerprint density at radius 3 is 2.86 bits per heavy atom. The summed E-state index contributed by atoms with van der Waals surface area (Å²) in [5.41, 5.74) is 3.05. The molecule has 0 aliphatic heterocycles. The molecule has 0 spiro atoms. The van der Waals surface area contributed by atoms with Crippen LogP contribution in [0.25, 0.3) is 0 Å². The molecule has 0 amide bonds. The number of methoxy groups -OCH3 is 1. The number of anilines is 1. The minimum Gasteiger partial charge on any atom is -0.508 e. The van der Waals surface area contributed by atoms with E-state index in [9.17, 15) is 9.50 Å². The first kappa shape index (κ1) is 13.7. The number of halogens is 1. The van der Waals surface area contributed by atoms with Gasteiger partial charge in [0.25, 0.3) is 0 Å². The SMILES string of the molecule is COc1ccc(NC2CCCc3ccc(O)cc32)cc1F. The second-order valence-corrected chi connectivity index (χ2v) is 5.32. The largest absolute Gasteiger partial charge is 0.508 e. The lowest BCUT2D eigenvalue weighted by atomic mass is 9.87. The number of aromatic hydroxyl groups is 1. The lowest BCUT2D eigenvalue weighted by Crippen LogP contribution is -2.17. The summed E-state index contributed by atoms with van der Waals surface area (Å²) in [5.74, 6) is 0.125. The Labute approximate surface area is 123 Å². The van der Waals surface area contributed by atoms with Crippen molar-refractivity contribution in [2.24, 2.45) is 0 Å². The van der Waals surface area contributed by atoms with Crippen LogP contribution in [0.1, 0.15) is 30.0 Å². The highest BCUT2D eigenvalue weighted by atomic mass is 19.1. The summed E-state index contributed by atoms with van der Waals surface area (Å²) >= 11 is 0. The number of benzene rings is 2. The second kappa shape index (κ2) is 5.64. The van der Waals surface area contributed by atoms with Gasteiger partial charge in [0.15, 0.2) is 11.6 Å². The smallest absolute Gasteiger partial charge is 0.167 e. The van der Waals surface area contributed by atoms with E-state index in [1.165, 1.54) is 18.7 Å². The van der Waals surface area contributed by atoms with E-state index in [1.807, 2.05) is 6.07 Å². The number of rotatable bonds is 3. The predicted octanol–water partition coefficient (Wildman–Crippen LogP) is 4.03. The van der Waals surface area contributed by atoms with Crippen LogP contribution in [0.5, 0.6) is 11.5 Å². The molecule has 2 aromatic rings. The molecule has 1 aliphatic carbocycles. The van der Waals surface area contributed by atoms with E-state index in [4.69, 9.17) is 4.74 Å². The fourth-order valence-electron chi connectivity index (χ4n) is 2.89. The molecule has 4 heteroatoms. The van der Waals surface area contributed by atoms with Gasteiger partial charge in [-0.1, -0.05) is 6.07 Å². The third-order valence-corrected chi connectivity index (χ3v) is 3.94. The van der Waals surface area contributed by atoms with Crippen molar-refractivity contribution in [3.8, 4) is 11.5 Å². The molecule has 3 rings (SSSR count). The van der Waals surface area contributed by atoms with Crippen molar-refractivity contribution in [3.63, 3.8) is 0 Å². The molecule has 0 fully saturated rings. The van der Waals surface area contributed by atoms with Crippen LogP contribution in [0.15, 0.2) is 36.4 Å². The molecule has 1 atom stereocenters. The molecular weight excluding hydrogens is 269 g/mol. The van der Waals surface area contributed by atoms with Gasteiger partial charge in [-0.25, -0.2) is 4.39 Å². The first-order valence-electron chi connectivity index (χ1n) is 7.09. The van der Waals surface area contributed by atoms with Crippen LogP contribution in [-0.4, -0.2) is 12.2 Å². The number of phenols is 1. The zero-order chi connectivity index (χ0) is 14.8. The monoisotopic (exact) mass is 287 g/mol. The number of ether oxygens (including phenoxy) is 1. The van der Waals surface area contributed by atoms with Crippen molar-refractivity contribution in [2.45, 2.75) is 25.3 Å². The maximum absolute atomic E-state index is 13.8. The van der Waals surface area contributed by atoms with Crippen molar-refractivity contribution >= 4 is 5.69 Å². The van der Waals surface area contributed by atoms with E-state index in [2.05, 4.69) is 5.32 Å². The van der Waals surface area contributed by atoms with Crippen molar-refractivity contribution < 1.29 is 14.2 Å². The third kappa shape index (κ3) is 2.79. The van der Waals surface area contributed by atoms with Gasteiger partial charge in [-0.2, -0.15) is 0 Å². The molecule has 110 valence electrons. The average Bonchev–Trinajstić information content (AvgIpc) is 2.48. The summed E-state index contributed by atoms with van der Waals surface area (Å²) in [7, 11) is 1.45. The van der Waals surface area contributed by atoms with Gasteiger partial charge in [0.05, 0.1) is 13.2 Å². The molecule has 0 aromatic heterocycles. The van der Waals surface area contributed by atoms with Crippen molar-refractivity contribution in [3.05, 3.63) is 53.3 Å². The highest BCUT2D eigenvalue weighted by molar-refractivity contribution is 5.51. The van der Waals surface area contributed by atoms with E-state index in [0.29, 0.717) is 0 Å². The van der Waals surface area contributed by atoms with Gasteiger partial charge >= 0.3 is 0 Å². The molecule has 21 heavy (non-hydrogen) atoms. The molecule has 0 radical (unpaired) electrons. The summed E-state index contributed by atoms with van der Waals surface area (Å²) in [4.78, 5) is 0. The topological polar surface area (TPSA) is 41.5 Å². The van der Waals surface area contributed by atoms with Gasteiger partial charge in [-0.15, -0.1) is 0 Å². The van der Waals surface area contributed by atoms with Gasteiger partial charge in [-0.05, 0) is 54.7 Å². The van der Waals surface area contributed by atoms with Crippen LogP contribution in [0, 0.1) is 5.82 Å². The Morgan fingerprint density at radius 1 is 1.24 bits per heavy atom. The number of nitrogens with one attached hydrogen (secondary N) is 1. The van der Waals surface area contributed by atoms with Crippen molar-refractivity contribution in [1.29, 1.82) is 0 Å². The van der Waals surface area contributed by atoms with Crippen LogP contribution in [0.4, 0.5) is 10.1 Å². The lowest BCUT2D eigenvalue weighted by molar-refractivity contribution is 0.386. The van der Waals surface area contributed by atoms with Gasteiger partial charge in [0.1, 0.15) is 5.75 Å². The van der Waals surface area contributed by atoms with E-state index < -0.39 is 0 Å². The molecule has 0 heterocycles. The fourth-order valence-corrected chi connectivity index (χ4v) is 2.89. The standard InChI is InChI=1S/C17H18FNO2/c1-21-17-8-6-12(9-15(17)18)19-16-4-2-3-11-5-7-13(20)10-14(11)16/h5-10,16,19-20H,2-4H2,1H3. The Morgan fingerprint density at radius 2 is 2.10 bits per heavy atom. The van der Waals surface area contributed by atoms with E-state index in [1.54, 1.807) is 24.3 Å². The van der Waals surface area contributed by atoms with Crippen molar-refractivity contribution in [2.75, 3.05) is 12.4 Å². The Kier molecular flexibility index (Phi) is 3.69. The van der Waals surface area contributed by atoms with Crippen LogP contribution < -0.4 is 10.1 Å². The molecule has 3 nitrogen and oxygen atoms in total. The zero-order valence-corrected chi connectivity index (χ0v) is 11.9. The number of fused-ring (bicyclic) bond motifs is 1. The quantitative estimate of drug-likeness (QED) is 0.895. The number of phenolic OH excluding ortho intramolecular Hbond substituents is 1. The molecule has 1 aliphatic rings. The van der Waals surface area contributed by atoms with Crippen LogP contribution >= 0.6 is 0 Å². The minimum atomic E-state index is -0.380. The van der Waals surface area contributed by atoms with Crippen LogP contribution in [0.2, 0.25) is 0 Å². The minimum absolute atomic E-state index is 0.0913. The summed E-state index contributed by atoms with van der Waals surface area (Å²) in [6.45, 7) is 0. The molecule has 1 unspecified atom stereocenters. The number of hydrogen-bond donors (Lipinski definition) is 2. The van der Waals surface area contributed by atoms with E-state index in [0.717, 1.165) is 30.5 Å². The van der Waals surface area contributed by atoms with Gasteiger partial charge in [0.2, 0.25) is 0 Å². The average molecular weight is 287 g/mol. The van der Waals surface area contributed by atoms with Gasteiger partial charge in [-0.3, -0.25) is 0 Å². The maximum atomic E-state index is 13.8. The normalized spacial score (nSPS) is 17.1.